The smallest absolute Gasteiger partial charge is 0.177 e. The summed E-state index contributed by atoms with van der Waals surface area (Å²) in [6.45, 7) is 0.766. The van der Waals surface area contributed by atoms with E-state index >= 15 is 0 Å². The van der Waals surface area contributed by atoms with E-state index in [1.807, 2.05) is 24.1 Å². The van der Waals surface area contributed by atoms with E-state index in [0.29, 0.717) is 5.88 Å². The molecule has 0 aliphatic heterocycles. The number of halogens is 1. The minimum atomic E-state index is 0.582. The molecule has 0 saturated heterocycles. The van der Waals surface area contributed by atoms with Crippen LogP contribution in [0, 0.1) is 0 Å². The van der Waals surface area contributed by atoms with Gasteiger partial charge in [0.05, 0.1) is 0 Å². The lowest BCUT2D eigenvalue weighted by molar-refractivity contribution is 0.860. The average molecular weight is 212 g/mol. The second-order valence-electron chi connectivity index (χ2n) is 2.94. The fourth-order valence-electron chi connectivity index (χ4n) is 1.16. The molecule has 0 aliphatic carbocycles. The molecule has 0 aliphatic rings. The number of hydrogen-bond acceptors (Lipinski definition) is 4. The first-order valence-corrected chi connectivity index (χ1v) is 4.79. The highest BCUT2D eigenvalue weighted by Crippen LogP contribution is 2.08. The normalized spacial score (nSPS) is 10.7. The lowest BCUT2D eigenvalue weighted by Crippen LogP contribution is -2.21. The number of aromatic nitrogens is 4. The minimum Gasteiger partial charge on any atom is -0.357 e. The van der Waals surface area contributed by atoms with Gasteiger partial charge < -0.3 is 4.90 Å². The molecule has 0 N–H and O–H groups in total. The van der Waals surface area contributed by atoms with Crippen LogP contribution >= 0.6 is 11.6 Å². The first-order valence-electron chi connectivity index (χ1n) is 4.25. The maximum Gasteiger partial charge on any atom is 0.177 e. The highest BCUT2D eigenvalue weighted by atomic mass is 35.5. The van der Waals surface area contributed by atoms with Crippen LogP contribution < -0.4 is 4.90 Å². The van der Waals surface area contributed by atoms with Crippen LogP contribution in [-0.4, -0.2) is 39.3 Å². The van der Waals surface area contributed by atoms with Gasteiger partial charge in [-0.25, -0.2) is 0 Å². The van der Waals surface area contributed by atoms with E-state index in [1.54, 1.807) is 10.8 Å². The van der Waals surface area contributed by atoms with E-state index in [0.717, 1.165) is 18.0 Å². The van der Waals surface area contributed by atoms with Gasteiger partial charge in [-0.2, -0.15) is 4.52 Å². The lowest BCUT2D eigenvalue weighted by Gasteiger charge is -2.15. The second-order valence-corrected chi connectivity index (χ2v) is 3.31. The van der Waals surface area contributed by atoms with Crippen LogP contribution in [0.2, 0.25) is 0 Å². The summed E-state index contributed by atoms with van der Waals surface area (Å²) >= 11 is 5.64. The molecule has 74 valence electrons. The largest absolute Gasteiger partial charge is 0.357 e. The molecule has 0 amide bonds. The molecule has 0 radical (unpaired) electrons. The summed E-state index contributed by atoms with van der Waals surface area (Å²) in [5.41, 5.74) is 0.744. The molecular weight excluding hydrogens is 202 g/mol. The second kappa shape index (κ2) is 3.79. The number of alkyl halides is 1. The molecule has 14 heavy (non-hydrogen) atoms. The number of nitrogens with zero attached hydrogens (tertiary/aromatic N) is 5. The van der Waals surface area contributed by atoms with Gasteiger partial charge in [-0.1, -0.05) is 0 Å². The molecule has 0 spiro atoms. The van der Waals surface area contributed by atoms with E-state index < -0.39 is 0 Å². The molecule has 2 aromatic rings. The van der Waals surface area contributed by atoms with E-state index in [-0.39, 0.29) is 0 Å². The quantitative estimate of drug-likeness (QED) is 0.705. The van der Waals surface area contributed by atoms with Crippen molar-refractivity contribution in [3.8, 4) is 0 Å². The number of hydrogen-bond donors (Lipinski definition) is 0. The van der Waals surface area contributed by atoms with Crippen LogP contribution in [0.5, 0.6) is 0 Å². The third-order valence-electron chi connectivity index (χ3n) is 1.96. The zero-order valence-corrected chi connectivity index (χ0v) is 8.52. The summed E-state index contributed by atoms with van der Waals surface area (Å²) in [4.78, 5) is 1.98. The summed E-state index contributed by atoms with van der Waals surface area (Å²) < 4.78 is 1.64. The molecule has 0 aromatic carbocycles. The van der Waals surface area contributed by atoms with Gasteiger partial charge in [0, 0.05) is 19.5 Å². The van der Waals surface area contributed by atoms with E-state index in [1.165, 1.54) is 0 Å². The number of fused-ring (bicyclic) bond motifs is 1. The van der Waals surface area contributed by atoms with Crippen molar-refractivity contribution in [1.29, 1.82) is 0 Å². The van der Waals surface area contributed by atoms with Crippen molar-refractivity contribution in [3.63, 3.8) is 0 Å². The Kier molecular flexibility index (Phi) is 2.49. The summed E-state index contributed by atoms with van der Waals surface area (Å²) in [5.74, 6) is 1.44. The van der Waals surface area contributed by atoms with E-state index in [4.69, 9.17) is 11.6 Å². The van der Waals surface area contributed by atoms with Crippen molar-refractivity contribution in [2.75, 3.05) is 24.4 Å². The lowest BCUT2D eigenvalue weighted by atomic mass is 10.4. The van der Waals surface area contributed by atoms with Crippen molar-refractivity contribution in [2.45, 2.75) is 0 Å². The van der Waals surface area contributed by atoms with Crippen LogP contribution in [0.15, 0.2) is 18.5 Å². The molecule has 0 atom stereocenters. The Morgan fingerprint density at radius 3 is 3.14 bits per heavy atom. The van der Waals surface area contributed by atoms with Crippen LogP contribution in [0.25, 0.3) is 5.65 Å². The summed E-state index contributed by atoms with van der Waals surface area (Å²) in [6.07, 6.45) is 1.58. The predicted octanol–water partition coefficient (Wildman–Crippen LogP) is 0.799. The van der Waals surface area contributed by atoms with Gasteiger partial charge in [0.1, 0.15) is 12.1 Å². The molecule has 5 nitrogen and oxygen atoms in total. The molecule has 0 bridgehead atoms. The van der Waals surface area contributed by atoms with Gasteiger partial charge in [-0.05, 0) is 12.1 Å². The summed E-state index contributed by atoms with van der Waals surface area (Å²) in [6, 6.07) is 3.77. The van der Waals surface area contributed by atoms with Crippen molar-refractivity contribution < 1.29 is 0 Å². The average Bonchev–Trinajstić information content (AvgIpc) is 2.64. The zero-order valence-electron chi connectivity index (χ0n) is 7.76. The fraction of sp³-hybridized carbons (Fsp3) is 0.375. The molecule has 2 heterocycles. The molecule has 2 aromatic heterocycles. The molecular formula is C8H10ClN5. The highest BCUT2D eigenvalue weighted by Gasteiger charge is 2.03. The molecule has 0 fully saturated rings. The maximum absolute atomic E-state index is 5.64. The summed E-state index contributed by atoms with van der Waals surface area (Å²) in [5, 5.41) is 11.9. The molecule has 0 saturated carbocycles. The summed E-state index contributed by atoms with van der Waals surface area (Å²) in [7, 11) is 1.95. The van der Waals surface area contributed by atoms with Crippen molar-refractivity contribution >= 4 is 23.1 Å². The Morgan fingerprint density at radius 1 is 1.50 bits per heavy atom. The van der Waals surface area contributed by atoms with E-state index in [2.05, 4.69) is 15.3 Å². The Balaban J connectivity index is 2.33. The van der Waals surface area contributed by atoms with Crippen LogP contribution in [0.3, 0.4) is 0 Å². The Morgan fingerprint density at radius 2 is 2.36 bits per heavy atom. The van der Waals surface area contributed by atoms with Crippen LogP contribution in [0.4, 0.5) is 5.82 Å². The van der Waals surface area contributed by atoms with Crippen LogP contribution in [-0.2, 0) is 0 Å². The highest BCUT2D eigenvalue weighted by molar-refractivity contribution is 6.18. The third-order valence-corrected chi connectivity index (χ3v) is 2.13. The van der Waals surface area contributed by atoms with E-state index in [9.17, 15) is 0 Å². The number of rotatable bonds is 3. The zero-order chi connectivity index (χ0) is 9.97. The Hall–Kier alpha value is -1.36. The third kappa shape index (κ3) is 1.63. The molecule has 0 unspecified atom stereocenters. The standard InChI is InChI=1S/C8H10ClN5/c1-13(5-4-9)8-3-2-7-11-10-6-14(7)12-8/h2-3,6H,4-5H2,1H3. The van der Waals surface area contributed by atoms with Gasteiger partial charge in [-0.15, -0.1) is 26.9 Å². The molecule has 2 rings (SSSR count). The number of anilines is 1. The van der Waals surface area contributed by atoms with Gasteiger partial charge in [0.15, 0.2) is 5.65 Å². The van der Waals surface area contributed by atoms with Crippen molar-refractivity contribution in [2.24, 2.45) is 0 Å². The SMILES string of the molecule is CN(CCCl)c1ccc2nncn2n1. The van der Waals surface area contributed by atoms with Crippen molar-refractivity contribution in [3.05, 3.63) is 18.5 Å². The van der Waals surface area contributed by atoms with Crippen molar-refractivity contribution in [1.82, 2.24) is 19.8 Å². The fourth-order valence-corrected chi connectivity index (χ4v) is 1.42. The maximum atomic E-state index is 5.64. The Bertz CT molecular complexity index is 426. The first-order chi connectivity index (χ1) is 6.81. The minimum absolute atomic E-state index is 0.582. The first kappa shape index (κ1) is 9.21. The van der Waals surface area contributed by atoms with Gasteiger partial charge in [0.25, 0.3) is 0 Å². The van der Waals surface area contributed by atoms with Gasteiger partial charge >= 0.3 is 0 Å². The van der Waals surface area contributed by atoms with Gasteiger partial charge in [-0.3, -0.25) is 0 Å². The predicted molar refractivity (Wildman–Crippen MR) is 54.8 cm³/mol. The molecule has 6 heteroatoms. The monoisotopic (exact) mass is 211 g/mol. The topological polar surface area (TPSA) is 46.3 Å². The van der Waals surface area contributed by atoms with Crippen LogP contribution in [0.1, 0.15) is 0 Å². The van der Waals surface area contributed by atoms with Gasteiger partial charge in [0.2, 0.25) is 0 Å². The Labute approximate surface area is 86.3 Å².